The molecule has 0 aliphatic carbocycles. The van der Waals surface area contributed by atoms with Gasteiger partial charge in [-0.1, -0.05) is 30.0 Å². The first-order valence-electron chi connectivity index (χ1n) is 8.72. The van der Waals surface area contributed by atoms with Crippen LogP contribution in [0.5, 0.6) is 0 Å². The van der Waals surface area contributed by atoms with E-state index in [2.05, 4.69) is 26.7 Å². The van der Waals surface area contributed by atoms with E-state index in [4.69, 9.17) is 0 Å². The molecule has 0 bridgehead atoms. The van der Waals surface area contributed by atoms with Crippen molar-refractivity contribution in [1.82, 2.24) is 24.3 Å². The normalized spacial score (nSPS) is 11.2. The minimum atomic E-state index is 0.0943. The van der Waals surface area contributed by atoms with Crippen molar-refractivity contribution in [2.45, 2.75) is 18.6 Å². The van der Waals surface area contributed by atoms with Crippen molar-refractivity contribution in [3.8, 4) is 11.4 Å². The molecule has 0 radical (unpaired) electrons. The first-order valence-corrected chi connectivity index (χ1v) is 9.71. The zero-order chi connectivity index (χ0) is 18.8. The van der Waals surface area contributed by atoms with Gasteiger partial charge in [0.1, 0.15) is 0 Å². The fourth-order valence-corrected chi connectivity index (χ4v) is 3.93. The third-order valence-electron chi connectivity index (χ3n) is 4.54. The van der Waals surface area contributed by atoms with Crippen molar-refractivity contribution in [3.05, 3.63) is 60.6 Å². The number of carbonyl (C=O) groups excluding carboxylic acids is 1. The molecule has 136 valence electrons. The van der Waals surface area contributed by atoms with Crippen LogP contribution in [0.4, 0.5) is 0 Å². The summed E-state index contributed by atoms with van der Waals surface area (Å²) in [5.74, 6) is 1.17. The quantitative estimate of drug-likeness (QED) is 0.377. The summed E-state index contributed by atoms with van der Waals surface area (Å²) in [5, 5.41) is 10.2. The van der Waals surface area contributed by atoms with Gasteiger partial charge in [0.25, 0.3) is 0 Å². The van der Waals surface area contributed by atoms with Crippen LogP contribution in [-0.2, 0) is 13.6 Å². The molecule has 4 rings (SSSR count). The molecule has 0 unspecified atom stereocenters. The van der Waals surface area contributed by atoms with Crippen molar-refractivity contribution in [2.75, 3.05) is 5.75 Å². The number of carbonyl (C=O) groups is 1. The minimum absolute atomic E-state index is 0.0943. The summed E-state index contributed by atoms with van der Waals surface area (Å²) in [7, 11) is 1.91. The van der Waals surface area contributed by atoms with Crippen LogP contribution in [0.2, 0.25) is 0 Å². The molecule has 0 saturated heterocycles. The standard InChI is InChI=1S/C20H19N5OS/c1-3-25-12-16(15-6-4-5-7-17(15)25)18(26)13-27-20-23-22-19(24(20)2)14-8-10-21-11-9-14/h4-12H,3,13H2,1-2H3. The second-order valence-corrected chi connectivity index (χ2v) is 7.10. The number of hydrogen-bond donors (Lipinski definition) is 0. The Labute approximate surface area is 161 Å². The molecule has 0 fully saturated rings. The van der Waals surface area contributed by atoms with Crippen LogP contribution in [0.25, 0.3) is 22.3 Å². The second kappa shape index (κ2) is 7.36. The van der Waals surface area contributed by atoms with E-state index in [-0.39, 0.29) is 5.78 Å². The van der Waals surface area contributed by atoms with Crippen LogP contribution in [0.1, 0.15) is 17.3 Å². The van der Waals surface area contributed by atoms with E-state index >= 15 is 0 Å². The smallest absolute Gasteiger partial charge is 0.191 e. The Morgan fingerprint density at radius 2 is 1.89 bits per heavy atom. The Hall–Kier alpha value is -2.93. The first-order chi connectivity index (χ1) is 13.2. The number of aryl methyl sites for hydroxylation is 1. The molecule has 0 N–H and O–H groups in total. The summed E-state index contributed by atoms with van der Waals surface area (Å²) >= 11 is 1.41. The van der Waals surface area contributed by atoms with E-state index < -0.39 is 0 Å². The van der Waals surface area contributed by atoms with Gasteiger partial charge >= 0.3 is 0 Å². The highest BCUT2D eigenvalue weighted by molar-refractivity contribution is 7.99. The van der Waals surface area contributed by atoms with E-state index in [0.29, 0.717) is 5.75 Å². The number of hydrogen-bond acceptors (Lipinski definition) is 5. The molecule has 3 aromatic heterocycles. The second-order valence-electron chi connectivity index (χ2n) is 6.16. The number of rotatable bonds is 6. The molecular formula is C20H19N5OS. The van der Waals surface area contributed by atoms with Gasteiger partial charge in [-0.3, -0.25) is 9.78 Å². The van der Waals surface area contributed by atoms with Gasteiger partial charge in [-0.25, -0.2) is 0 Å². The lowest BCUT2D eigenvalue weighted by atomic mass is 10.1. The van der Waals surface area contributed by atoms with Gasteiger partial charge in [0.05, 0.1) is 5.75 Å². The van der Waals surface area contributed by atoms with Crippen LogP contribution in [0.15, 0.2) is 60.1 Å². The summed E-state index contributed by atoms with van der Waals surface area (Å²) < 4.78 is 4.01. The predicted molar refractivity (Wildman–Crippen MR) is 107 cm³/mol. The number of benzene rings is 1. The molecule has 4 aromatic rings. The lowest BCUT2D eigenvalue weighted by Crippen LogP contribution is -2.03. The molecule has 0 atom stereocenters. The maximum Gasteiger partial charge on any atom is 0.191 e. The Morgan fingerprint density at radius 1 is 1.11 bits per heavy atom. The van der Waals surface area contributed by atoms with Crippen molar-refractivity contribution >= 4 is 28.4 Å². The zero-order valence-electron chi connectivity index (χ0n) is 15.2. The number of para-hydroxylation sites is 1. The SMILES string of the molecule is CCn1cc(C(=O)CSc2nnc(-c3ccncc3)n2C)c2ccccc21. The fraction of sp³-hybridized carbons (Fsp3) is 0.200. The topological polar surface area (TPSA) is 65.6 Å². The molecule has 3 heterocycles. The number of nitrogens with zero attached hydrogens (tertiary/aromatic N) is 5. The number of fused-ring (bicyclic) bond motifs is 1. The Kier molecular flexibility index (Phi) is 4.77. The summed E-state index contributed by atoms with van der Waals surface area (Å²) in [6, 6.07) is 11.8. The van der Waals surface area contributed by atoms with E-state index in [0.717, 1.165) is 39.6 Å². The Balaban J connectivity index is 1.55. The first kappa shape index (κ1) is 17.5. The molecule has 0 aliphatic heterocycles. The van der Waals surface area contributed by atoms with Crippen LogP contribution >= 0.6 is 11.8 Å². The van der Waals surface area contributed by atoms with E-state index in [9.17, 15) is 4.79 Å². The summed E-state index contributed by atoms with van der Waals surface area (Å²) in [6.45, 7) is 2.91. The van der Waals surface area contributed by atoms with Crippen LogP contribution < -0.4 is 0 Å². The highest BCUT2D eigenvalue weighted by Crippen LogP contribution is 2.26. The van der Waals surface area contributed by atoms with Gasteiger partial charge in [0, 0.05) is 54.2 Å². The highest BCUT2D eigenvalue weighted by Gasteiger charge is 2.17. The summed E-state index contributed by atoms with van der Waals surface area (Å²) in [6.07, 6.45) is 5.40. The van der Waals surface area contributed by atoms with Crippen molar-refractivity contribution in [3.63, 3.8) is 0 Å². The average Bonchev–Trinajstić information content (AvgIpc) is 3.27. The number of Topliss-reactive ketones (excluding diaryl/α,β-unsaturated/α-hetero) is 1. The van der Waals surface area contributed by atoms with Gasteiger partial charge < -0.3 is 9.13 Å². The van der Waals surface area contributed by atoms with Gasteiger partial charge in [-0.2, -0.15) is 0 Å². The van der Waals surface area contributed by atoms with E-state index in [1.807, 2.05) is 54.2 Å². The summed E-state index contributed by atoms with van der Waals surface area (Å²) in [5.41, 5.74) is 2.80. The minimum Gasteiger partial charge on any atom is -0.347 e. The van der Waals surface area contributed by atoms with Crippen LogP contribution in [0, 0.1) is 0 Å². The average molecular weight is 377 g/mol. The molecule has 1 aromatic carbocycles. The lowest BCUT2D eigenvalue weighted by molar-refractivity contribution is 0.102. The van der Waals surface area contributed by atoms with Gasteiger partial charge in [-0.05, 0) is 25.1 Å². The zero-order valence-corrected chi connectivity index (χ0v) is 16.0. The highest BCUT2D eigenvalue weighted by atomic mass is 32.2. The number of aromatic nitrogens is 5. The van der Waals surface area contributed by atoms with Crippen molar-refractivity contribution < 1.29 is 4.79 Å². The van der Waals surface area contributed by atoms with Crippen LogP contribution in [0.3, 0.4) is 0 Å². The van der Waals surface area contributed by atoms with Gasteiger partial charge in [0.15, 0.2) is 16.8 Å². The Morgan fingerprint density at radius 3 is 2.67 bits per heavy atom. The monoisotopic (exact) mass is 377 g/mol. The maximum absolute atomic E-state index is 12.8. The van der Waals surface area contributed by atoms with Crippen molar-refractivity contribution in [2.24, 2.45) is 7.05 Å². The molecule has 0 saturated carbocycles. The summed E-state index contributed by atoms with van der Waals surface area (Å²) in [4.78, 5) is 16.9. The van der Waals surface area contributed by atoms with Gasteiger partial charge in [0.2, 0.25) is 0 Å². The predicted octanol–water partition coefficient (Wildman–Crippen LogP) is 3.83. The van der Waals surface area contributed by atoms with Gasteiger partial charge in [-0.15, -0.1) is 10.2 Å². The maximum atomic E-state index is 12.8. The van der Waals surface area contributed by atoms with Crippen LogP contribution in [-0.4, -0.2) is 35.9 Å². The third-order valence-corrected chi connectivity index (χ3v) is 5.56. The molecular weight excluding hydrogens is 358 g/mol. The lowest BCUT2D eigenvalue weighted by Gasteiger charge is -2.03. The molecule has 0 spiro atoms. The van der Waals surface area contributed by atoms with E-state index in [1.165, 1.54) is 11.8 Å². The number of pyridine rings is 1. The Bertz CT molecular complexity index is 1100. The fourth-order valence-electron chi connectivity index (χ4n) is 3.13. The molecule has 0 amide bonds. The largest absolute Gasteiger partial charge is 0.347 e. The number of ketones is 1. The molecule has 27 heavy (non-hydrogen) atoms. The van der Waals surface area contributed by atoms with Crippen molar-refractivity contribution in [1.29, 1.82) is 0 Å². The van der Waals surface area contributed by atoms with E-state index in [1.54, 1.807) is 12.4 Å². The molecule has 0 aliphatic rings. The number of thioether (sulfide) groups is 1. The molecule has 7 heteroatoms. The molecule has 6 nitrogen and oxygen atoms in total. The third kappa shape index (κ3) is 3.26.